The van der Waals surface area contributed by atoms with Crippen LogP contribution in [0.3, 0.4) is 0 Å². The van der Waals surface area contributed by atoms with Crippen LogP contribution in [0.25, 0.3) is 22.4 Å². The van der Waals surface area contributed by atoms with E-state index in [2.05, 4.69) is 10.1 Å². The van der Waals surface area contributed by atoms with Crippen LogP contribution < -0.4 is 5.73 Å². The van der Waals surface area contributed by atoms with Crippen LogP contribution in [0.5, 0.6) is 0 Å². The van der Waals surface area contributed by atoms with Crippen LogP contribution in [-0.4, -0.2) is 40.1 Å². The molecule has 3 unspecified atom stereocenters. The van der Waals surface area contributed by atoms with Gasteiger partial charge in [-0.05, 0) is 57.6 Å². The Hall–Kier alpha value is -2.67. The van der Waals surface area contributed by atoms with Crippen molar-refractivity contribution in [1.29, 1.82) is 0 Å². The highest BCUT2D eigenvalue weighted by Gasteiger charge is 2.43. The average molecular weight is 380 g/mol. The number of hydrogen-bond donors (Lipinski definition) is 1. The van der Waals surface area contributed by atoms with Gasteiger partial charge in [0.15, 0.2) is 0 Å². The molecule has 1 saturated heterocycles. The summed E-state index contributed by atoms with van der Waals surface area (Å²) in [6.45, 7) is 7.12. The van der Waals surface area contributed by atoms with Gasteiger partial charge in [0, 0.05) is 24.7 Å². The zero-order valence-corrected chi connectivity index (χ0v) is 16.4. The Labute approximate surface area is 162 Å². The molecule has 3 aromatic rings. The van der Waals surface area contributed by atoms with Crippen LogP contribution in [0.2, 0.25) is 0 Å². The fourth-order valence-electron chi connectivity index (χ4n) is 4.93. The zero-order chi connectivity index (χ0) is 19.6. The molecule has 0 aromatic carbocycles. The third kappa shape index (κ3) is 2.57. The molecular weight excluding hydrogens is 356 g/mol. The van der Waals surface area contributed by atoms with Gasteiger partial charge in [0.2, 0.25) is 0 Å². The molecular formula is C21H24N4O3. The first kappa shape index (κ1) is 17.4. The van der Waals surface area contributed by atoms with E-state index in [0.717, 1.165) is 43.0 Å². The first-order chi connectivity index (χ1) is 13.4. The van der Waals surface area contributed by atoms with E-state index in [9.17, 15) is 4.79 Å². The van der Waals surface area contributed by atoms with Gasteiger partial charge in [-0.3, -0.25) is 4.79 Å². The highest BCUT2D eigenvalue weighted by Crippen LogP contribution is 2.38. The Kier molecular flexibility index (Phi) is 3.84. The summed E-state index contributed by atoms with van der Waals surface area (Å²) in [5.41, 5.74) is 9.43. The lowest BCUT2D eigenvalue weighted by molar-refractivity contribution is 0.0781. The molecule has 146 valence electrons. The molecule has 28 heavy (non-hydrogen) atoms. The number of fused-ring (bicyclic) bond motifs is 2. The standard InChI is InChI=1S/C21H24N4O3/c1-10-6-14(12(3)27-10)18-7-15(19-11(2)24-28-20(19)23-18)21(26)25-8-13-4-5-17(22)16(13)9-25/h6-7,13,16-17H,4-5,8-9,22H2,1-3H3. The van der Waals surface area contributed by atoms with Crippen molar-refractivity contribution in [3.05, 3.63) is 34.9 Å². The lowest BCUT2D eigenvalue weighted by Gasteiger charge is -2.19. The lowest BCUT2D eigenvalue weighted by Crippen LogP contribution is -2.33. The zero-order valence-electron chi connectivity index (χ0n) is 16.4. The number of rotatable bonds is 2. The van der Waals surface area contributed by atoms with Crippen LogP contribution in [0, 0.1) is 32.6 Å². The number of amides is 1. The molecule has 7 heteroatoms. The topological polar surface area (TPSA) is 98.4 Å². The Balaban J connectivity index is 1.59. The first-order valence-electron chi connectivity index (χ1n) is 9.81. The second-order valence-electron chi connectivity index (χ2n) is 8.21. The minimum atomic E-state index is -0.000537. The van der Waals surface area contributed by atoms with Crippen molar-refractivity contribution in [2.75, 3.05) is 13.1 Å². The smallest absolute Gasteiger partial charge is 0.259 e. The maximum Gasteiger partial charge on any atom is 0.259 e. The van der Waals surface area contributed by atoms with E-state index in [-0.39, 0.29) is 11.9 Å². The molecule has 2 aliphatic rings. The molecule has 1 saturated carbocycles. The summed E-state index contributed by atoms with van der Waals surface area (Å²) in [5.74, 6) is 2.48. The maximum absolute atomic E-state index is 13.5. The predicted molar refractivity (Wildman–Crippen MR) is 104 cm³/mol. The van der Waals surface area contributed by atoms with E-state index in [1.165, 1.54) is 0 Å². The largest absolute Gasteiger partial charge is 0.466 e. The van der Waals surface area contributed by atoms with E-state index < -0.39 is 0 Å². The van der Waals surface area contributed by atoms with Crippen LogP contribution >= 0.6 is 0 Å². The Morgan fingerprint density at radius 3 is 2.75 bits per heavy atom. The van der Waals surface area contributed by atoms with E-state index in [4.69, 9.17) is 14.7 Å². The molecule has 3 atom stereocenters. The monoisotopic (exact) mass is 380 g/mol. The summed E-state index contributed by atoms with van der Waals surface area (Å²) >= 11 is 0. The van der Waals surface area contributed by atoms with Gasteiger partial charge in [-0.2, -0.15) is 0 Å². The average Bonchev–Trinajstić information content (AvgIpc) is 3.40. The minimum Gasteiger partial charge on any atom is -0.466 e. The van der Waals surface area contributed by atoms with Crippen molar-refractivity contribution in [2.24, 2.45) is 17.6 Å². The van der Waals surface area contributed by atoms with Gasteiger partial charge in [-0.1, -0.05) is 5.16 Å². The van der Waals surface area contributed by atoms with Crippen LogP contribution in [0.4, 0.5) is 0 Å². The molecule has 0 radical (unpaired) electrons. The van der Waals surface area contributed by atoms with Crippen LogP contribution in [0.1, 0.15) is 40.4 Å². The molecule has 0 spiro atoms. The molecule has 2 fully saturated rings. The van der Waals surface area contributed by atoms with Crippen molar-refractivity contribution in [1.82, 2.24) is 15.0 Å². The fourth-order valence-corrected chi connectivity index (χ4v) is 4.93. The number of pyridine rings is 1. The number of carbonyl (C=O) groups is 1. The Morgan fingerprint density at radius 1 is 1.21 bits per heavy atom. The highest BCUT2D eigenvalue weighted by atomic mass is 16.5. The summed E-state index contributed by atoms with van der Waals surface area (Å²) in [5, 5.41) is 4.73. The third-order valence-corrected chi connectivity index (χ3v) is 6.36. The summed E-state index contributed by atoms with van der Waals surface area (Å²) in [7, 11) is 0. The molecule has 2 N–H and O–H groups in total. The summed E-state index contributed by atoms with van der Waals surface area (Å²) in [6.07, 6.45) is 2.16. The Morgan fingerprint density at radius 2 is 2.04 bits per heavy atom. The summed E-state index contributed by atoms with van der Waals surface area (Å²) < 4.78 is 11.1. The van der Waals surface area contributed by atoms with Crippen LogP contribution in [-0.2, 0) is 0 Å². The fraction of sp³-hybridized carbons (Fsp3) is 0.476. The number of aromatic nitrogens is 2. The summed E-state index contributed by atoms with van der Waals surface area (Å²) in [4.78, 5) is 20.0. The van der Waals surface area contributed by atoms with Gasteiger partial charge < -0.3 is 19.6 Å². The van der Waals surface area contributed by atoms with Crippen molar-refractivity contribution >= 4 is 17.0 Å². The number of hydrogen-bond acceptors (Lipinski definition) is 6. The minimum absolute atomic E-state index is 0.000537. The second-order valence-corrected chi connectivity index (χ2v) is 8.21. The molecule has 4 heterocycles. The molecule has 1 aliphatic heterocycles. The Bertz CT molecular complexity index is 1080. The van der Waals surface area contributed by atoms with Crippen molar-refractivity contribution in [2.45, 2.75) is 39.7 Å². The predicted octanol–water partition coefficient (Wildman–Crippen LogP) is 3.22. The van der Waals surface area contributed by atoms with Gasteiger partial charge in [0.25, 0.3) is 11.6 Å². The number of likely N-dealkylation sites (tertiary alicyclic amines) is 1. The number of nitrogens with two attached hydrogens (primary N) is 1. The van der Waals surface area contributed by atoms with Crippen molar-refractivity contribution in [3.8, 4) is 11.3 Å². The molecule has 1 aliphatic carbocycles. The first-order valence-corrected chi connectivity index (χ1v) is 9.81. The number of nitrogens with zero attached hydrogens (tertiary/aromatic N) is 3. The molecule has 5 rings (SSSR count). The van der Waals surface area contributed by atoms with Gasteiger partial charge in [0.05, 0.1) is 22.3 Å². The molecule has 0 bridgehead atoms. The molecule has 7 nitrogen and oxygen atoms in total. The highest BCUT2D eigenvalue weighted by molar-refractivity contribution is 6.07. The van der Waals surface area contributed by atoms with Crippen LogP contribution in [0.15, 0.2) is 21.1 Å². The van der Waals surface area contributed by atoms with Gasteiger partial charge in [0.1, 0.15) is 11.5 Å². The van der Waals surface area contributed by atoms with E-state index in [0.29, 0.717) is 39.9 Å². The molecule has 3 aromatic heterocycles. The quantitative estimate of drug-likeness (QED) is 0.733. The number of carbonyl (C=O) groups excluding carboxylic acids is 1. The second kappa shape index (κ2) is 6.17. The van der Waals surface area contributed by atoms with E-state index in [1.54, 1.807) is 0 Å². The van der Waals surface area contributed by atoms with Gasteiger partial charge >= 0.3 is 0 Å². The van der Waals surface area contributed by atoms with Crippen molar-refractivity contribution < 1.29 is 13.7 Å². The summed E-state index contributed by atoms with van der Waals surface area (Å²) in [6, 6.07) is 3.98. The maximum atomic E-state index is 13.5. The number of aryl methyl sites for hydroxylation is 3. The van der Waals surface area contributed by atoms with Gasteiger partial charge in [-0.15, -0.1) is 0 Å². The lowest BCUT2D eigenvalue weighted by atomic mass is 9.98. The van der Waals surface area contributed by atoms with Gasteiger partial charge in [-0.25, -0.2) is 4.98 Å². The normalized spacial score (nSPS) is 24.3. The van der Waals surface area contributed by atoms with E-state index >= 15 is 0 Å². The van der Waals surface area contributed by atoms with E-state index in [1.807, 2.05) is 37.8 Å². The number of furan rings is 1. The van der Waals surface area contributed by atoms with Crippen molar-refractivity contribution in [3.63, 3.8) is 0 Å². The molecule has 1 amide bonds. The SMILES string of the molecule is Cc1cc(-c2cc(C(=O)N3CC4CCC(N)C4C3)c3c(C)noc3n2)c(C)o1. The third-order valence-electron chi connectivity index (χ3n) is 6.36.